The summed E-state index contributed by atoms with van der Waals surface area (Å²) in [5, 5.41) is 6.18. The second kappa shape index (κ2) is 10.5. The van der Waals surface area contributed by atoms with Crippen molar-refractivity contribution >= 4 is 57.8 Å². The van der Waals surface area contributed by atoms with Gasteiger partial charge in [0.2, 0.25) is 0 Å². The van der Waals surface area contributed by atoms with Gasteiger partial charge in [0.1, 0.15) is 0 Å². The molecule has 30 heavy (non-hydrogen) atoms. The van der Waals surface area contributed by atoms with E-state index in [0.29, 0.717) is 0 Å². The van der Waals surface area contributed by atoms with Crippen LogP contribution in [-0.2, 0) is 9.59 Å². The van der Waals surface area contributed by atoms with Crippen molar-refractivity contribution in [1.82, 2.24) is 21.7 Å². The highest BCUT2D eigenvalue weighted by Gasteiger charge is 2.14. The second-order valence-corrected chi connectivity index (χ2v) is 7.52. The SMILES string of the molecule is Cc1ccc(NC(=S)NNC(=O)C(=O)NNC(=S)Nc2ccc(C)cc2C)c(C)c1. The largest absolute Gasteiger partial charge is 0.331 e. The summed E-state index contributed by atoms with van der Waals surface area (Å²) in [7, 11) is 0. The van der Waals surface area contributed by atoms with Gasteiger partial charge in [0.05, 0.1) is 0 Å². The van der Waals surface area contributed by atoms with Gasteiger partial charge in [-0.25, -0.2) is 0 Å². The van der Waals surface area contributed by atoms with Gasteiger partial charge in [-0.2, -0.15) is 0 Å². The molecule has 0 fully saturated rings. The van der Waals surface area contributed by atoms with E-state index in [1.807, 2.05) is 64.1 Å². The summed E-state index contributed by atoms with van der Waals surface area (Å²) >= 11 is 10.2. The highest BCUT2D eigenvalue weighted by atomic mass is 32.1. The van der Waals surface area contributed by atoms with Crippen molar-refractivity contribution in [2.24, 2.45) is 0 Å². The summed E-state index contributed by atoms with van der Waals surface area (Å²) in [6.07, 6.45) is 0. The molecule has 0 atom stereocenters. The summed E-state index contributed by atoms with van der Waals surface area (Å²) in [6, 6.07) is 11.6. The Labute approximate surface area is 186 Å². The zero-order valence-electron chi connectivity index (χ0n) is 17.1. The van der Waals surface area contributed by atoms with Gasteiger partial charge in [0.15, 0.2) is 10.2 Å². The van der Waals surface area contributed by atoms with Gasteiger partial charge in [-0.3, -0.25) is 31.3 Å². The molecule has 2 amide bonds. The van der Waals surface area contributed by atoms with E-state index in [1.54, 1.807) is 0 Å². The fraction of sp³-hybridized carbons (Fsp3) is 0.200. The molecule has 2 rings (SSSR count). The number of hydrogen-bond donors (Lipinski definition) is 6. The van der Waals surface area contributed by atoms with Gasteiger partial charge in [-0.05, 0) is 75.4 Å². The lowest BCUT2D eigenvalue weighted by Gasteiger charge is -2.15. The molecule has 6 N–H and O–H groups in total. The Morgan fingerprint density at radius 2 is 1.00 bits per heavy atom. The van der Waals surface area contributed by atoms with Gasteiger partial charge in [-0.15, -0.1) is 0 Å². The molecule has 158 valence electrons. The molecule has 0 saturated heterocycles. The maximum Gasteiger partial charge on any atom is 0.329 e. The highest BCUT2D eigenvalue weighted by Crippen LogP contribution is 2.16. The van der Waals surface area contributed by atoms with Crippen LogP contribution in [-0.4, -0.2) is 22.0 Å². The molecular weight excluding hydrogens is 420 g/mol. The van der Waals surface area contributed by atoms with E-state index in [9.17, 15) is 9.59 Å². The second-order valence-electron chi connectivity index (χ2n) is 6.70. The number of rotatable bonds is 2. The van der Waals surface area contributed by atoms with Crippen LogP contribution in [0.4, 0.5) is 11.4 Å². The lowest BCUT2D eigenvalue weighted by molar-refractivity contribution is -0.139. The van der Waals surface area contributed by atoms with Crippen LogP contribution in [0.3, 0.4) is 0 Å². The van der Waals surface area contributed by atoms with Crippen molar-refractivity contribution in [1.29, 1.82) is 0 Å². The normalized spacial score (nSPS) is 9.87. The summed E-state index contributed by atoms with van der Waals surface area (Å²) in [6.45, 7) is 7.85. The summed E-state index contributed by atoms with van der Waals surface area (Å²) in [5.74, 6) is -1.89. The molecule has 0 aliphatic heterocycles. The molecule has 8 nitrogen and oxygen atoms in total. The molecule has 0 spiro atoms. The third-order valence-corrected chi connectivity index (χ3v) is 4.45. The van der Waals surface area contributed by atoms with Crippen LogP contribution < -0.4 is 32.3 Å². The Kier molecular flexibility index (Phi) is 8.07. The zero-order chi connectivity index (χ0) is 22.3. The molecule has 0 unspecified atom stereocenters. The van der Waals surface area contributed by atoms with E-state index < -0.39 is 11.8 Å². The molecule has 2 aromatic carbocycles. The molecular formula is C20H24N6O2S2. The summed E-state index contributed by atoms with van der Waals surface area (Å²) < 4.78 is 0. The summed E-state index contributed by atoms with van der Waals surface area (Å²) in [4.78, 5) is 23.8. The minimum atomic E-state index is -0.943. The average Bonchev–Trinajstić information content (AvgIpc) is 2.68. The van der Waals surface area contributed by atoms with Crippen LogP contribution >= 0.6 is 24.4 Å². The monoisotopic (exact) mass is 444 g/mol. The van der Waals surface area contributed by atoms with Crippen LogP contribution in [0.25, 0.3) is 0 Å². The molecule has 0 aromatic heterocycles. The number of anilines is 2. The lowest BCUT2D eigenvalue weighted by atomic mass is 10.1. The minimum absolute atomic E-state index is 0.142. The quantitative estimate of drug-likeness (QED) is 0.238. The van der Waals surface area contributed by atoms with E-state index >= 15 is 0 Å². The van der Waals surface area contributed by atoms with E-state index in [-0.39, 0.29) is 10.2 Å². The Balaban J connectivity index is 1.75. The molecule has 0 aliphatic rings. The van der Waals surface area contributed by atoms with Crippen molar-refractivity contribution in [3.8, 4) is 0 Å². The summed E-state index contributed by atoms with van der Waals surface area (Å²) in [5.41, 5.74) is 15.2. The van der Waals surface area contributed by atoms with Crippen LogP contribution in [0.2, 0.25) is 0 Å². The number of hydrazine groups is 2. The molecule has 0 saturated carbocycles. The topological polar surface area (TPSA) is 106 Å². The molecule has 0 bridgehead atoms. The molecule has 0 aliphatic carbocycles. The maximum atomic E-state index is 11.9. The van der Waals surface area contributed by atoms with E-state index in [2.05, 4.69) is 32.3 Å². The Morgan fingerprint density at radius 1 is 0.633 bits per heavy atom. The number of carbonyl (C=O) groups excluding carboxylic acids is 2. The van der Waals surface area contributed by atoms with Gasteiger partial charge < -0.3 is 10.6 Å². The lowest BCUT2D eigenvalue weighted by Crippen LogP contribution is -2.53. The number of benzene rings is 2. The first kappa shape index (κ1) is 23.0. The van der Waals surface area contributed by atoms with Gasteiger partial charge in [0, 0.05) is 11.4 Å². The number of thiocarbonyl (C=S) groups is 2. The molecule has 0 radical (unpaired) electrons. The zero-order valence-corrected chi connectivity index (χ0v) is 18.7. The fourth-order valence-corrected chi connectivity index (χ4v) is 2.88. The van der Waals surface area contributed by atoms with Crippen molar-refractivity contribution < 1.29 is 9.59 Å². The van der Waals surface area contributed by atoms with Crippen molar-refractivity contribution in [3.05, 3.63) is 58.7 Å². The smallest absolute Gasteiger partial charge is 0.329 e. The van der Waals surface area contributed by atoms with Crippen LogP contribution in [0.1, 0.15) is 22.3 Å². The maximum absolute atomic E-state index is 11.9. The number of aryl methyl sites for hydroxylation is 4. The van der Waals surface area contributed by atoms with Crippen LogP contribution in [0.15, 0.2) is 36.4 Å². The van der Waals surface area contributed by atoms with E-state index in [0.717, 1.165) is 33.6 Å². The number of carbonyl (C=O) groups is 2. The van der Waals surface area contributed by atoms with Crippen molar-refractivity contribution in [2.45, 2.75) is 27.7 Å². The standard InChI is InChI=1S/C20H24N6O2S2/c1-11-5-7-15(13(3)9-11)21-19(29)25-23-17(27)18(28)24-26-20(30)22-16-8-6-12(2)10-14(16)4/h5-10H,1-4H3,(H,23,27)(H,24,28)(H2,21,25,29)(H2,22,26,30). The minimum Gasteiger partial charge on any atom is -0.331 e. The first-order valence-electron chi connectivity index (χ1n) is 9.04. The molecule has 10 heteroatoms. The van der Waals surface area contributed by atoms with Gasteiger partial charge in [0.25, 0.3) is 0 Å². The van der Waals surface area contributed by atoms with Gasteiger partial charge in [-0.1, -0.05) is 35.4 Å². The fourth-order valence-electron chi connectivity index (χ4n) is 2.56. The van der Waals surface area contributed by atoms with Crippen LogP contribution in [0.5, 0.6) is 0 Å². The van der Waals surface area contributed by atoms with E-state index in [4.69, 9.17) is 24.4 Å². The Hall–Kier alpha value is -3.24. The molecule has 2 aromatic rings. The predicted molar refractivity (Wildman–Crippen MR) is 127 cm³/mol. The third-order valence-electron chi connectivity index (χ3n) is 4.05. The van der Waals surface area contributed by atoms with Gasteiger partial charge >= 0.3 is 11.8 Å². The number of hydrogen-bond acceptors (Lipinski definition) is 4. The Morgan fingerprint density at radius 3 is 1.33 bits per heavy atom. The molecule has 0 heterocycles. The van der Waals surface area contributed by atoms with Crippen LogP contribution in [0, 0.1) is 27.7 Å². The first-order valence-corrected chi connectivity index (χ1v) is 9.86. The third kappa shape index (κ3) is 6.98. The van der Waals surface area contributed by atoms with Crippen molar-refractivity contribution in [3.63, 3.8) is 0 Å². The Bertz CT molecular complexity index is 914. The number of amides is 2. The first-order chi connectivity index (χ1) is 14.2. The number of nitrogens with one attached hydrogen (secondary N) is 6. The average molecular weight is 445 g/mol. The van der Waals surface area contributed by atoms with E-state index in [1.165, 1.54) is 0 Å². The highest BCUT2D eigenvalue weighted by molar-refractivity contribution is 7.80. The predicted octanol–water partition coefficient (Wildman–Crippen LogP) is 2.26. The van der Waals surface area contributed by atoms with Crippen molar-refractivity contribution in [2.75, 3.05) is 10.6 Å².